The van der Waals surface area contributed by atoms with Gasteiger partial charge in [-0.05, 0) is 48.7 Å². The van der Waals surface area contributed by atoms with Crippen molar-refractivity contribution in [3.63, 3.8) is 0 Å². The van der Waals surface area contributed by atoms with Crippen molar-refractivity contribution in [2.24, 2.45) is 0 Å². The number of aldehydes is 2. The number of aromatic amines is 1. The Bertz CT molecular complexity index is 878. The first-order chi connectivity index (χ1) is 10.6. The Morgan fingerprint density at radius 1 is 1.09 bits per heavy atom. The van der Waals surface area contributed by atoms with Crippen LogP contribution >= 0.6 is 0 Å². The number of carbonyl (C=O) groups excluding carboxylic acids is 2. The topological polar surface area (TPSA) is 62.8 Å². The van der Waals surface area contributed by atoms with Gasteiger partial charge in [0.25, 0.3) is 0 Å². The normalized spacial score (nSPS) is 10.8. The molecule has 0 amide bonds. The molecule has 0 fully saturated rings. The van der Waals surface area contributed by atoms with E-state index in [4.69, 9.17) is 0 Å². The number of fused-ring (bicyclic) bond motifs is 1. The van der Waals surface area contributed by atoms with Gasteiger partial charge in [-0.15, -0.1) is 0 Å². The minimum Gasteiger partial charge on any atom is -0.342 e. The molecule has 0 bridgehead atoms. The van der Waals surface area contributed by atoms with Crippen LogP contribution in [0.5, 0.6) is 0 Å². The minimum absolute atomic E-state index is 0.623. The third-order valence-corrected chi connectivity index (χ3v) is 4.01. The molecule has 22 heavy (non-hydrogen) atoms. The molecule has 1 N–H and O–H groups in total. The molecule has 0 spiro atoms. The van der Waals surface area contributed by atoms with Crippen LogP contribution in [0.15, 0.2) is 30.3 Å². The molecular formula is C18H16N2O2. The number of carbonyl (C=O) groups is 2. The van der Waals surface area contributed by atoms with Gasteiger partial charge in [-0.1, -0.05) is 12.1 Å². The molecule has 0 aliphatic heterocycles. The lowest BCUT2D eigenvalue weighted by molar-refractivity contribution is 0.111. The van der Waals surface area contributed by atoms with Crippen LogP contribution in [0.2, 0.25) is 0 Å². The summed E-state index contributed by atoms with van der Waals surface area (Å²) in [5, 5.41) is 0. The number of aryl methyl sites for hydroxylation is 1. The van der Waals surface area contributed by atoms with E-state index < -0.39 is 0 Å². The number of rotatable bonds is 4. The summed E-state index contributed by atoms with van der Waals surface area (Å²) in [7, 11) is 0. The molecule has 3 aromatic rings. The molecular weight excluding hydrogens is 276 g/mol. The zero-order valence-electron chi connectivity index (χ0n) is 12.5. The summed E-state index contributed by atoms with van der Waals surface area (Å²) in [5.41, 5.74) is 6.10. The Labute approximate surface area is 128 Å². The van der Waals surface area contributed by atoms with E-state index in [9.17, 15) is 9.59 Å². The van der Waals surface area contributed by atoms with E-state index in [0.717, 1.165) is 51.7 Å². The lowest BCUT2D eigenvalue weighted by atomic mass is 9.96. The fraction of sp³-hybridized carbons (Fsp3) is 0.167. The first kappa shape index (κ1) is 14.2. The van der Waals surface area contributed by atoms with E-state index >= 15 is 0 Å². The van der Waals surface area contributed by atoms with Gasteiger partial charge in [-0.25, -0.2) is 4.98 Å². The summed E-state index contributed by atoms with van der Waals surface area (Å²) in [6.07, 6.45) is 2.35. The number of nitrogens with zero attached hydrogens (tertiary/aromatic N) is 1. The van der Waals surface area contributed by atoms with Crippen molar-refractivity contribution < 1.29 is 9.59 Å². The van der Waals surface area contributed by atoms with E-state index in [1.165, 1.54) is 0 Å². The van der Waals surface area contributed by atoms with Gasteiger partial charge in [0.1, 0.15) is 12.1 Å². The monoisotopic (exact) mass is 292 g/mol. The maximum atomic E-state index is 11.2. The maximum absolute atomic E-state index is 11.2. The summed E-state index contributed by atoms with van der Waals surface area (Å²) >= 11 is 0. The molecule has 1 heterocycles. The quantitative estimate of drug-likeness (QED) is 0.750. The predicted molar refractivity (Wildman–Crippen MR) is 85.6 cm³/mol. The lowest BCUT2D eigenvalue weighted by Gasteiger charge is -2.09. The third-order valence-electron chi connectivity index (χ3n) is 4.01. The van der Waals surface area contributed by atoms with Crippen LogP contribution in [0.4, 0.5) is 0 Å². The van der Waals surface area contributed by atoms with Gasteiger partial charge in [0, 0.05) is 17.5 Å². The molecule has 0 radical (unpaired) electrons. The van der Waals surface area contributed by atoms with Crippen LogP contribution in [0.1, 0.15) is 43.2 Å². The van der Waals surface area contributed by atoms with Crippen LogP contribution in [0, 0.1) is 13.8 Å². The van der Waals surface area contributed by atoms with E-state index in [0.29, 0.717) is 12.0 Å². The van der Waals surface area contributed by atoms with Crippen molar-refractivity contribution in [3.05, 3.63) is 64.0 Å². The number of nitrogens with one attached hydrogen (secondary N) is 1. The number of hydrogen-bond acceptors (Lipinski definition) is 3. The first-order valence-corrected chi connectivity index (χ1v) is 7.10. The second-order valence-corrected chi connectivity index (χ2v) is 5.45. The molecule has 3 rings (SSSR count). The van der Waals surface area contributed by atoms with Crippen molar-refractivity contribution >= 4 is 23.6 Å². The van der Waals surface area contributed by atoms with Gasteiger partial charge in [0.15, 0.2) is 6.29 Å². The highest BCUT2D eigenvalue weighted by Crippen LogP contribution is 2.20. The molecule has 0 aliphatic rings. The molecule has 0 aliphatic carbocycles. The van der Waals surface area contributed by atoms with Crippen molar-refractivity contribution in [1.82, 2.24) is 9.97 Å². The summed E-state index contributed by atoms with van der Waals surface area (Å²) in [4.78, 5) is 29.8. The van der Waals surface area contributed by atoms with Crippen LogP contribution < -0.4 is 0 Å². The maximum Gasteiger partial charge on any atom is 0.150 e. The van der Waals surface area contributed by atoms with Crippen molar-refractivity contribution in [1.29, 1.82) is 0 Å². The molecule has 0 saturated heterocycles. The molecule has 4 heteroatoms. The van der Waals surface area contributed by atoms with Crippen molar-refractivity contribution in [2.75, 3.05) is 0 Å². The Kier molecular flexibility index (Phi) is 3.59. The first-order valence-electron chi connectivity index (χ1n) is 7.10. The Morgan fingerprint density at radius 3 is 2.64 bits per heavy atom. The van der Waals surface area contributed by atoms with Crippen LogP contribution in [0.3, 0.4) is 0 Å². The number of hydrogen-bond donors (Lipinski definition) is 1. The third kappa shape index (κ3) is 2.44. The van der Waals surface area contributed by atoms with Crippen molar-refractivity contribution in [3.8, 4) is 0 Å². The number of aromatic nitrogens is 2. The molecule has 0 saturated carbocycles. The summed E-state index contributed by atoms with van der Waals surface area (Å²) in [6.45, 7) is 3.89. The highest BCUT2D eigenvalue weighted by atomic mass is 16.1. The number of imidazole rings is 1. The zero-order chi connectivity index (χ0) is 15.7. The minimum atomic E-state index is 0.623. The standard InChI is InChI=1S/C18H16N2O2/c1-11-3-5-14(12(2)15(11)10-22)8-18-19-16-6-4-13(9-21)7-17(16)20-18/h3-7,9-10H,8H2,1-2H3,(H,19,20). The van der Waals surface area contributed by atoms with E-state index in [-0.39, 0.29) is 0 Å². The fourth-order valence-electron chi connectivity index (χ4n) is 2.70. The average molecular weight is 292 g/mol. The summed E-state index contributed by atoms with van der Waals surface area (Å²) in [5.74, 6) is 0.821. The predicted octanol–water partition coefficient (Wildman–Crippen LogP) is 3.40. The van der Waals surface area contributed by atoms with Gasteiger partial charge in [-0.3, -0.25) is 9.59 Å². The Hall–Kier alpha value is -2.75. The highest BCUT2D eigenvalue weighted by Gasteiger charge is 2.10. The van der Waals surface area contributed by atoms with Crippen LogP contribution in [-0.2, 0) is 6.42 Å². The van der Waals surface area contributed by atoms with Gasteiger partial charge in [0.05, 0.1) is 11.0 Å². The zero-order valence-corrected chi connectivity index (χ0v) is 12.5. The average Bonchev–Trinajstić information content (AvgIpc) is 2.92. The van der Waals surface area contributed by atoms with E-state index in [2.05, 4.69) is 9.97 Å². The smallest absolute Gasteiger partial charge is 0.150 e. The van der Waals surface area contributed by atoms with Crippen LogP contribution in [0.25, 0.3) is 11.0 Å². The summed E-state index contributed by atoms with van der Waals surface area (Å²) in [6, 6.07) is 9.36. The summed E-state index contributed by atoms with van der Waals surface area (Å²) < 4.78 is 0. The number of H-pyrrole nitrogens is 1. The SMILES string of the molecule is Cc1ccc(Cc2nc3ccc(C=O)cc3[nH]2)c(C)c1C=O. The molecule has 110 valence electrons. The fourth-order valence-corrected chi connectivity index (χ4v) is 2.70. The van der Waals surface area contributed by atoms with Crippen LogP contribution in [-0.4, -0.2) is 22.5 Å². The molecule has 4 nitrogen and oxygen atoms in total. The highest BCUT2D eigenvalue weighted by molar-refractivity contribution is 5.85. The number of benzene rings is 2. The molecule has 0 atom stereocenters. The largest absolute Gasteiger partial charge is 0.342 e. The van der Waals surface area contributed by atoms with Crippen molar-refractivity contribution in [2.45, 2.75) is 20.3 Å². The van der Waals surface area contributed by atoms with Gasteiger partial charge < -0.3 is 4.98 Å². The van der Waals surface area contributed by atoms with Gasteiger partial charge in [-0.2, -0.15) is 0 Å². The molecule has 2 aromatic carbocycles. The second-order valence-electron chi connectivity index (χ2n) is 5.45. The Balaban J connectivity index is 1.99. The van der Waals surface area contributed by atoms with Gasteiger partial charge in [0.2, 0.25) is 0 Å². The molecule has 1 aromatic heterocycles. The van der Waals surface area contributed by atoms with Gasteiger partial charge >= 0.3 is 0 Å². The molecule has 0 unspecified atom stereocenters. The van der Waals surface area contributed by atoms with E-state index in [1.54, 1.807) is 12.1 Å². The Morgan fingerprint density at radius 2 is 1.91 bits per heavy atom. The second kappa shape index (κ2) is 5.56. The lowest BCUT2D eigenvalue weighted by Crippen LogP contribution is -1.99. The van der Waals surface area contributed by atoms with E-state index in [1.807, 2.05) is 32.0 Å².